The maximum absolute atomic E-state index is 12.6. The normalized spacial score (nSPS) is 16.3. The van der Waals surface area contributed by atoms with Gasteiger partial charge in [-0.1, -0.05) is 0 Å². The highest BCUT2D eigenvalue weighted by atomic mass is 32.2. The molecule has 3 rings (SSSR count). The van der Waals surface area contributed by atoms with Crippen LogP contribution in [0.25, 0.3) is 5.69 Å². The van der Waals surface area contributed by atoms with Crippen molar-refractivity contribution in [1.29, 1.82) is 0 Å². The Bertz CT molecular complexity index is 811. The fraction of sp³-hybridized carbons (Fsp3) is 0.400. The lowest BCUT2D eigenvalue weighted by molar-refractivity contribution is 0.0698. The molecule has 1 amide bonds. The van der Waals surface area contributed by atoms with E-state index < -0.39 is 10.0 Å². The second-order valence-corrected chi connectivity index (χ2v) is 7.73. The number of hydrogen-bond donors (Lipinski definition) is 0. The Morgan fingerprint density at radius 3 is 2.46 bits per heavy atom. The van der Waals surface area contributed by atoms with Gasteiger partial charge in [0.2, 0.25) is 10.0 Å². The highest BCUT2D eigenvalue weighted by molar-refractivity contribution is 7.89. The number of rotatable bonds is 4. The first-order valence-corrected chi connectivity index (χ1v) is 9.34. The molecule has 1 aliphatic rings. The second-order valence-electron chi connectivity index (χ2n) is 5.47. The molecule has 9 heteroatoms. The number of sulfonamides is 1. The van der Waals surface area contributed by atoms with E-state index in [4.69, 9.17) is 0 Å². The zero-order valence-corrected chi connectivity index (χ0v) is 14.2. The van der Waals surface area contributed by atoms with Crippen LogP contribution in [0.15, 0.2) is 36.9 Å². The zero-order valence-electron chi connectivity index (χ0n) is 13.4. The first-order valence-electron chi connectivity index (χ1n) is 7.73. The van der Waals surface area contributed by atoms with E-state index in [1.165, 1.54) is 10.5 Å². The van der Waals surface area contributed by atoms with Crippen LogP contribution in [0.3, 0.4) is 0 Å². The van der Waals surface area contributed by atoms with E-state index in [0.29, 0.717) is 31.7 Å². The van der Waals surface area contributed by atoms with Crippen molar-refractivity contribution >= 4 is 15.9 Å². The minimum atomic E-state index is -3.19. The SMILES string of the molecule is CCS(=O)(=O)N1CCN(C(=O)c2cnn(-c3ccncc3)c2)CC1. The number of piperazine rings is 1. The van der Waals surface area contributed by atoms with Crippen LogP contribution in [0, 0.1) is 0 Å². The predicted molar refractivity (Wildman–Crippen MR) is 88.3 cm³/mol. The first-order chi connectivity index (χ1) is 11.5. The smallest absolute Gasteiger partial charge is 0.257 e. The van der Waals surface area contributed by atoms with Crippen molar-refractivity contribution in [3.8, 4) is 5.69 Å². The second kappa shape index (κ2) is 6.70. The minimum Gasteiger partial charge on any atom is -0.336 e. The highest BCUT2D eigenvalue weighted by Gasteiger charge is 2.28. The van der Waals surface area contributed by atoms with E-state index in [1.807, 2.05) is 0 Å². The summed E-state index contributed by atoms with van der Waals surface area (Å²) in [5.41, 5.74) is 1.31. The molecule has 1 aliphatic heterocycles. The molecular weight excluding hydrogens is 330 g/mol. The van der Waals surface area contributed by atoms with Gasteiger partial charge >= 0.3 is 0 Å². The Labute approximate surface area is 140 Å². The monoisotopic (exact) mass is 349 g/mol. The number of amides is 1. The van der Waals surface area contributed by atoms with Crippen LogP contribution in [0.5, 0.6) is 0 Å². The number of hydrogen-bond acceptors (Lipinski definition) is 5. The lowest BCUT2D eigenvalue weighted by Gasteiger charge is -2.33. The number of carbonyl (C=O) groups excluding carboxylic acids is 1. The maximum Gasteiger partial charge on any atom is 0.257 e. The molecular formula is C15H19N5O3S. The summed E-state index contributed by atoms with van der Waals surface area (Å²) in [4.78, 5) is 18.2. The number of carbonyl (C=O) groups is 1. The Morgan fingerprint density at radius 1 is 1.17 bits per heavy atom. The van der Waals surface area contributed by atoms with Crippen LogP contribution in [0.1, 0.15) is 17.3 Å². The van der Waals surface area contributed by atoms with Gasteiger partial charge in [0, 0.05) is 44.8 Å². The summed E-state index contributed by atoms with van der Waals surface area (Å²) in [6, 6.07) is 3.60. The van der Waals surface area contributed by atoms with Gasteiger partial charge in [0.05, 0.1) is 23.2 Å². The Kier molecular flexibility index (Phi) is 4.63. The number of aromatic nitrogens is 3. The molecule has 1 saturated heterocycles. The summed E-state index contributed by atoms with van der Waals surface area (Å²) in [6.45, 7) is 3.07. The molecule has 0 spiro atoms. The molecule has 0 atom stereocenters. The van der Waals surface area contributed by atoms with Crippen LogP contribution in [0.2, 0.25) is 0 Å². The summed E-state index contributed by atoms with van der Waals surface area (Å²) >= 11 is 0. The third-order valence-corrected chi connectivity index (χ3v) is 5.92. The molecule has 2 aromatic rings. The quantitative estimate of drug-likeness (QED) is 0.796. The van der Waals surface area contributed by atoms with E-state index >= 15 is 0 Å². The zero-order chi connectivity index (χ0) is 17.2. The van der Waals surface area contributed by atoms with Gasteiger partial charge < -0.3 is 4.90 Å². The molecule has 0 aromatic carbocycles. The van der Waals surface area contributed by atoms with Crippen molar-refractivity contribution < 1.29 is 13.2 Å². The van der Waals surface area contributed by atoms with Crippen LogP contribution in [0.4, 0.5) is 0 Å². The van der Waals surface area contributed by atoms with Gasteiger partial charge in [-0.15, -0.1) is 0 Å². The molecule has 8 nitrogen and oxygen atoms in total. The first kappa shape index (κ1) is 16.6. The summed E-state index contributed by atoms with van der Waals surface area (Å²) in [5.74, 6) is -0.0523. The van der Waals surface area contributed by atoms with Gasteiger partial charge in [-0.05, 0) is 19.1 Å². The molecule has 3 heterocycles. The summed E-state index contributed by atoms with van der Waals surface area (Å²) in [5, 5.41) is 4.20. The lowest BCUT2D eigenvalue weighted by atomic mass is 10.2. The third kappa shape index (κ3) is 3.31. The van der Waals surface area contributed by atoms with Crippen LogP contribution in [-0.4, -0.2) is 70.2 Å². The maximum atomic E-state index is 12.6. The highest BCUT2D eigenvalue weighted by Crippen LogP contribution is 2.13. The van der Waals surface area contributed by atoms with E-state index in [2.05, 4.69) is 10.1 Å². The standard InChI is InChI=1S/C15H19N5O3S/c1-2-24(22,23)19-9-7-18(8-10-19)15(21)13-11-17-20(12-13)14-3-5-16-6-4-14/h3-6,11-12H,2,7-10H2,1H3. The van der Waals surface area contributed by atoms with Crippen molar-refractivity contribution in [1.82, 2.24) is 24.0 Å². The van der Waals surface area contributed by atoms with Gasteiger partial charge in [-0.3, -0.25) is 9.78 Å². The number of nitrogens with zero attached hydrogens (tertiary/aromatic N) is 5. The summed E-state index contributed by atoms with van der Waals surface area (Å²) < 4.78 is 26.8. The fourth-order valence-corrected chi connectivity index (χ4v) is 3.69. The molecule has 0 unspecified atom stereocenters. The Hall–Kier alpha value is -2.26. The van der Waals surface area contributed by atoms with Crippen LogP contribution >= 0.6 is 0 Å². The third-order valence-electron chi connectivity index (χ3n) is 4.04. The molecule has 24 heavy (non-hydrogen) atoms. The summed E-state index contributed by atoms with van der Waals surface area (Å²) in [7, 11) is -3.19. The van der Waals surface area contributed by atoms with Crippen molar-refractivity contribution in [2.24, 2.45) is 0 Å². The van der Waals surface area contributed by atoms with Crippen molar-refractivity contribution in [2.75, 3.05) is 31.9 Å². The molecule has 0 aliphatic carbocycles. The lowest BCUT2D eigenvalue weighted by Crippen LogP contribution is -2.50. The molecule has 1 fully saturated rings. The number of pyridine rings is 1. The Morgan fingerprint density at radius 2 is 1.83 bits per heavy atom. The van der Waals surface area contributed by atoms with Gasteiger partial charge in [-0.25, -0.2) is 13.1 Å². The average Bonchev–Trinajstić information content (AvgIpc) is 3.12. The van der Waals surface area contributed by atoms with Crippen LogP contribution < -0.4 is 0 Å². The van der Waals surface area contributed by atoms with Gasteiger partial charge in [0.25, 0.3) is 5.91 Å². The van der Waals surface area contributed by atoms with Crippen molar-refractivity contribution in [3.63, 3.8) is 0 Å². The fourth-order valence-electron chi connectivity index (χ4n) is 2.61. The van der Waals surface area contributed by atoms with E-state index in [0.717, 1.165) is 5.69 Å². The Balaban J connectivity index is 1.67. The molecule has 0 bridgehead atoms. The van der Waals surface area contributed by atoms with E-state index in [9.17, 15) is 13.2 Å². The van der Waals surface area contributed by atoms with Crippen molar-refractivity contribution in [3.05, 3.63) is 42.5 Å². The van der Waals surface area contributed by atoms with Gasteiger partial charge in [0.1, 0.15) is 0 Å². The van der Waals surface area contributed by atoms with E-state index in [-0.39, 0.29) is 11.7 Å². The topological polar surface area (TPSA) is 88.4 Å². The molecule has 2 aromatic heterocycles. The van der Waals surface area contributed by atoms with Crippen molar-refractivity contribution in [2.45, 2.75) is 6.92 Å². The van der Waals surface area contributed by atoms with E-state index in [1.54, 1.807) is 47.2 Å². The molecule has 0 N–H and O–H groups in total. The predicted octanol–water partition coefficient (Wildman–Crippen LogP) is 0.375. The van der Waals surface area contributed by atoms with Gasteiger partial charge in [-0.2, -0.15) is 9.40 Å². The molecule has 0 saturated carbocycles. The minimum absolute atomic E-state index is 0.0830. The molecule has 128 valence electrons. The largest absolute Gasteiger partial charge is 0.336 e. The molecule has 0 radical (unpaired) electrons. The van der Waals surface area contributed by atoms with Crippen LogP contribution in [-0.2, 0) is 10.0 Å². The average molecular weight is 349 g/mol. The van der Waals surface area contributed by atoms with Gasteiger partial charge in [0.15, 0.2) is 0 Å². The summed E-state index contributed by atoms with van der Waals surface area (Å²) in [6.07, 6.45) is 6.52.